The lowest BCUT2D eigenvalue weighted by Crippen LogP contribution is -2.14. The topological polar surface area (TPSA) is 26.3 Å². The SMILES string of the molecule is C#CCCc1ccc(Br)cc1-c1cc2c(c(C(Cl)C(=O)OCC)c1-c1ccccc1)Cc1ccccc1-2. The minimum absolute atomic E-state index is 0.271. The van der Waals surface area contributed by atoms with Crippen LogP contribution in [0.4, 0.5) is 0 Å². The smallest absolute Gasteiger partial charge is 0.328 e. The Bertz CT molecular complexity index is 1520. The summed E-state index contributed by atoms with van der Waals surface area (Å²) >= 11 is 10.7. The third kappa shape index (κ3) is 4.85. The molecule has 0 bridgehead atoms. The van der Waals surface area contributed by atoms with Crippen molar-refractivity contribution >= 4 is 33.5 Å². The van der Waals surface area contributed by atoms with Gasteiger partial charge in [-0.25, -0.2) is 0 Å². The fourth-order valence-corrected chi connectivity index (χ4v) is 5.93. The van der Waals surface area contributed by atoms with E-state index in [1.165, 1.54) is 11.1 Å². The van der Waals surface area contributed by atoms with E-state index in [1.807, 2.05) is 24.3 Å². The van der Waals surface area contributed by atoms with Crippen LogP contribution in [0.15, 0.2) is 83.3 Å². The number of alkyl halides is 1. The highest BCUT2D eigenvalue weighted by Gasteiger charge is 2.33. The molecule has 0 N–H and O–H groups in total. The van der Waals surface area contributed by atoms with Crippen molar-refractivity contribution in [3.63, 3.8) is 0 Å². The minimum atomic E-state index is -0.945. The number of benzene rings is 4. The summed E-state index contributed by atoms with van der Waals surface area (Å²) in [4.78, 5) is 13.1. The molecule has 4 aromatic rings. The molecule has 4 heteroatoms. The van der Waals surface area contributed by atoms with E-state index >= 15 is 0 Å². The molecule has 0 heterocycles. The second-order valence-corrected chi connectivity index (χ2v) is 10.4. The van der Waals surface area contributed by atoms with Gasteiger partial charge < -0.3 is 4.74 Å². The van der Waals surface area contributed by atoms with E-state index in [0.29, 0.717) is 12.8 Å². The number of hydrogen-bond acceptors (Lipinski definition) is 2. The predicted octanol–water partition coefficient (Wildman–Crippen LogP) is 8.76. The Kier molecular flexibility index (Phi) is 7.51. The van der Waals surface area contributed by atoms with Crippen molar-refractivity contribution in [1.82, 2.24) is 0 Å². The van der Waals surface area contributed by atoms with E-state index < -0.39 is 11.3 Å². The predicted molar refractivity (Wildman–Crippen MR) is 156 cm³/mol. The van der Waals surface area contributed by atoms with Crippen molar-refractivity contribution in [1.29, 1.82) is 0 Å². The first kappa shape index (κ1) is 25.3. The van der Waals surface area contributed by atoms with E-state index in [4.69, 9.17) is 22.8 Å². The zero-order valence-corrected chi connectivity index (χ0v) is 22.9. The number of esters is 1. The molecule has 0 aromatic heterocycles. The monoisotopic (exact) mass is 568 g/mol. The first-order chi connectivity index (χ1) is 18.0. The molecule has 1 aliphatic rings. The van der Waals surface area contributed by atoms with Gasteiger partial charge in [0.05, 0.1) is 6.61 Å². The Hall–Kier alpha value is -3.32. The molecule has 0 radical (unpaired) electrons. The molecular formula is C33H26BrClO2. The summed E-state index contributed by atoms with van der Waals surface area (Å²) in [6.45, 7) is 2.07. The van der Waals surface area contributed by atoms with Crippen molar-refractivity contribution in [3.8, 4) is 45.7 Å². The second kappa shape index (κ2) is 11.0. The summed E-state index contributed by atoms with van der Waals surface area (Å²) in [7, 11) is 0. The molecule has 0 aliphatic heterocycles. The Morgan fingerprint density at radius 3 is 2.51 bits per heavy atom. The van der Waals surface area contributed by atoms with Gasteiger partial charge in [0.2, 0.25) is 0 Å². The van der Waals surface area contributed by atoms with Gasteiger partial charge in [-0.2, -0.15) is 0 Å². The number of rotatable bonds is 7. The maximum absolute atomic E-state index is 13.1. The number of terminal acetylenes is 1. The molecule has 0 saturated carbocycles. The van der Waals surface area contributed by atoms with Crippen molar-refractivity contribution in [2.75, 3.05) is 6.61 Å². The van der Waals surface area contributed by atoms with Crippen LogP contribution in [0.3, 0.4) is 0 Å². The van der Waals surface area contributed by atoms with E-state index in [-0.39, 0.29) is 6.61 Å². The summed E-state index contributed by atoms with van der Waals surface area (Å²) in [6.07, 6.45) is 7.74. The number of carbonyl (C=O) groups is 1. The standard InChI is InChI=1S/C33H26BrClO2/c1-3-5-11-21-16-17-24(34)19-26(21)29-20-27-25-15-10-9-14-23(25)18-28(27)31(32(35)33(36)37-4-2)30(29)22-12-7-6-8-13-22/h1,6-10,12-17,19-20,32H,4-5,11,18H2,2H3. The number of ether oxygens (including phenoxy) is 1. The molecule has 37 heavy (non-hydrogen) atoms. The van der Waals surface area contributed by atoms with Crippen LogP contribution in [0.2, 0.25) is 0 Å². The van der Waals surface area contributed by atoms with E-state index in [0.717, 1.165) is 55.4 Å². The number of carbonyl (C=O) groups excluding carboxylic acids is 1. The summed E-state index contributed by atoms with van der Waals surface area (Å²) in [5.41, 5.74) is 10.6. The average molecular weight is 570 g/mol. The summed E-state index contributed by atoms with van der Waals surface area (Å²) in [5.74, 6) is 2.34. The first-order valence-electron chi connectivity index (χ1n) is 12.4. The van der Waals surface area contributed by atoms with Crippen LogP contribution in [0.25, 0.3) is 33.4 Å². The highest BCUT2D eigenvalue weighted by molar-refractivity contribution is 9.10. The molecule has 184 valence electrons. The highest BCUT2D eigenvalue weighted by atomic mass is 79.9. The lowest BCUT2D eigenvalue weighted by atomic mass is 9.82. The summed E-state index contributed by atoms with van der Waals surface area (Å²) < 4.78 is 6.40. The van der Waals surface area contributed by atoms with Crippen molar-refractivity contribution < 1.29 is 9.53 Å². The van der Waals surface area contributed by atoms with Gasteiger partial charge in [0.15, 0.2) is 5.38 Å². The Balaban J connectivity index is 1.89. The lowest BCUT2D eigenvalue weighted by molar-refractivity contribution is -0.142. The minimum Gasteiger partial charge on any atom is -0.465 e. The van der Waals surface area contributed by atoms with Gasteiger partial charge in [-0.1, -0.05) is 76.6 Å². The fourth-order valence-electron chi connectivity index (χ4n) is 5.27. The van der Waals surface area contributed by atoms with Crippen molar-refractivity contribution in [3.05, 3.63) is 106 Å². The highest BCUT2D eigenvalue weighted by Crippen LogP contribution is 2.50. The Morgan fingerprint density at radius 1 is 1.00 bits per heavy atom. The normalized spacial score (nSPS) is 12.4. The fraction of sp³-hybridized carbons (Fsp3) is 0.182. The largest absolute Gasteiger partial charge is 0.465 e. The van der Waals surface area contributed by atoms with Crippen molar-refractivity contribution in [2.24, 2.45) is 0 Å². The number of hydrogen-bond donors (Lipinski definition) is 0. The molecule has 2 nitrogen and oxygen atoms in total. The summed E-state index contributed by atoms with van der Waals surface area (Å²) in [5, 5.41) is -0.945. The molecular weight excluding hydrogens is 544 g/mol. The number of fused-ring (bicyclic) bond motifs is 3. The molecule has 1 aliphatic carbocycles. The summed E-state index contributed by atoms with van der Waals surface area (Å²) in [6, 6.07) is 27.1. The maximum Gasteiger partial charge on any atom is 0.328 e. The lowest BCUT2D eigenvalue weighted by Gasteiger charge is -2.24. The molecule has 0 fully saturated rings. The second-order valence-electron chi connectivity index (χ2n) is 9.06. The quantitative estimate of drug-likeness (QED) is 0.111. The molecule has 0 saturated heterocycles. The van der Waals surface area contributed by atoms with Crippen LogP contribution in [-0.4, -0.2) is 12.6 Å². The van der Waals surface area contributed by atoms with Crippen molar-refractivity contribution in [2.45, 2.75) is 31.6 Å². The number of halogens is 2. The molecule has 0 spiro atoms. The number of aryl methyl sites for hydroxylation is 1. The van der Waals surface area contributed by atoms with Crippen LogP contribution in [0.5, 0.6) is 0 Å². The Labute approximate surface area is 231 Å². The first-order valence-corrected chi connectivity index (χ1v) is 13.6. The zero-order chi connectivity index (χ0) is 25.9. The van der Waals surface area contributed by atoms with Gasteiger partial charge in [0.25, 0.3) is 0 Å². The van der Waals surface area contributed by atoms with Gasteiger partial charge >= 0.3 is 5.97 Å². The van der Waals surface area contributed by atoms with Gasteiger partial charge in [-0.3, -0.25) is 4.79 Å². The third-order valence-corrected chi connectivity index (χ3v) is 7.75. The van der Waals surface area contributed by atoms with Gasteiger partial charge in [-0.05, 0) is 93.6 Å². The molecule has 5 rings (SSSR count). The van der Waals surface area contributed by atoms with Gasteiger partial charge in [0, 0.05) is 10.9 Å². The van der Waals surface area contributed by atoms with E-state index in [1.54, 1.807) is 6.92 Å². The van der Waals surface area contributed by atoms with Crippen LogP contribution in [0.1, 0.15) is 41.0 Å². The van der Waals surface area contributed by atoms with E-state index in [9.17, 15) is 4.79 Å². The van der Waals surface area contributed by atoms with Crippen LogP contribution in [0, 0.1) is 12.3 Å². The molecule has 1 atom stereocenters. The van der Waals surface area contributed by atoms with Crippen LogP contribution >= 0.6 is 27.5 Å². The van der Waals surface area contributed by atoms with E-state index in [2.05, 4.69) is 76.4 Å². The molecule has 4 aromatic carbocycles. The third-order valence-electron chi connectivity index (χ3n) is 6.86. The maximum atomic E-state index is 13.1. The average Bonchev–Trinajstić information content (AvgIpc) is 3.30. The van der Waals surface area contributed by atoms with Crippen LogP contribution in [-0.2, 0) is 22.4 Å². The van der Waals surface area contributed by atoms with Gasteiger partial charge in [-0.15, -0.1) is 23.9 Å². The molecule has 0 amide bonds. The molecule has 1 unspecified atom stereocenters. The Morgan fingerprint density at radius 2 is 1.76 bits per heavy atom. The zero-order valence-electron chi connectivity index (χ0n) is 20.6. The van der Waals surface area contributed by atoms with Gasteiger partial charge in [0.1, 0.15) is 0 Å². The van der Waals surface area contributed by atoms with Crippen LogP contribution < -0.4 is 0 Å².